The predicted octanol–water partition coefficient (Wildman–Crippen LogP) is 4.72. The maximum Gasteiger partial charge on any atom is 0.339 e. The van der Waals surface area contributed by atoms with Crippen LogP contribution in [-0.2, 0) is 9.53 Å². The highest BCUT2D eigenvalue weighted by atomic mass is 35.5. The summed E-state index contributed by atoms with van der Waals surface area (Å²) in [6.07, 6.45) is -0.930. The molecule has 2 aromatic rings. The highest BCUT2D eigenvalue weighted by molar-refractivity contribution is 6.35. The number of amides is 1. The number of rotatable bonds is 5. The Labute approximate surface area is 157 Å². The van der Waals surface area contributed by atoms with Crippen molar-refractivity contribution in [2.24, 2.45) is 0 Å². The smallest absolute Gasteiger partial charge is 0.339 e. The predicted molar refractivity (Wildman–Crippen MR) is 99.1 cm³/mol. The van der Waals surface area contributed by atoms with Crippen LogP contribution in [0.5, 0.6) is 0 Å². The molecule has 0 aromatic heterocycles. The number of nitrogens with one attached hydrogen (secondary N) is 1. The zero-order valence-corrected chi connectivity index (χ0v) is 15.7. The minimum absolute atomic E-state index is 0.350. The number of aryl methyl sites for hydroxylation is 1. The SMILES string of the molecule is Cc1ccccc1C(=O)O[C@@H](C)C(=O)N[C@@H](C)c1ccc(Cl)cc1Cl. The van der Waals surface area contributed by atoms with Crippen molar-refractivity contribution in [2.45, 2.75) is 32.9 Å². The normalized spacial score (nSPS) is 13.0. The third-order valence-electron chi connectivity index (χ3n) is 3.81. The number of halogens is 2. The van der Waals surface area contributed by atoms with Gasteiger partial charge in [0, 0.05) is 10.0 Å². The van der Waals surface area contributed by atoms with E-state index < -0.39 is 18.0 Å². The zero-order chi connectivity index (χ0) is 18.6. The lowest BCUT2D eigenvalue weighted by Crippen LogP contribution is -2.37. The number of carbonyl (C=O) groups excluding carboxylic acids is 2. The van der Waals surface area contributed by atoms with Crippen molar-refractivity contribution in [3.8, 4) is 0 Å². The van der Waals surface area contributed by atoms with Crippen molar-refractivity contribution in [3.05, 3.63) is 69.2 Å². The summed E-state index contributed by atoms with van der Waals surface area (Å²) in [5.41, 5.74) is 1.97. The number of ether oxygens (including phenoxy) is 1. The average molecular weight is 380 g/mol. The van der Waals surface area contributed by atoms with Crippen LogP contribution in [0.3, 0.4) is 0 Å². The van der Waals surface area contributed by atoms with E-state index in [0.717, 1.165) is 11.1 Å². The minimum atomic E-state index is -0.930. The van der Waals surface area contributed by atoms with Gasteiger partial charge in [-0.2, -0.15) is 0 Å². The van der Waals surface area contributed by atoms with Gasteiger partial charge in [0.2, 0.25) is 0 Å². The molecule has 0 aliphatic heterocycles. The van der Waals surface area contributed by atoms with Gasteiger partial charge in [0.1, 0.15) is 0 Å². The van der Waals surface area contributed by atoms with Gasteiger partial charge in [-0.25, -0.2) is 4.79 Å². The molecule has 6 heteroatoms. The van der Waals surface area contributed by atoms with E-state index in [-0.39, 0.29) is 6.04 Å². The largest absolute Gasteiger partial charge is 0.449 e. The fourth-order valence-corrected chi connectivity index (χ4v) is 2.91. The van der Waals surface area contributed by atoms with E-state index in [1.807, 2.05) is 19.1 Å². The first-order valence-corrected chi connectivity index (χ1v) is 8.57. The Hall–Kier alpha value is -2.04. The maximum absolute atomic E-state index is 12.3. The van der Waals surface area contributed by atoms with E-state index in [9.17, 15) is 9.59 Å². The Morgan fingerprint density at radius 3 is 2.40 bits per heavy atom. The topological polar surface area (TPSA) is 55.4 Å². The molecule has 0 fully saturated rings. The van der Waals surface area contributed by atoms with E-state index >= 15 is 0 Å². The van der Waals surface area contributed by atoms with Gasteiger partial charge in [-0.05, 0) is 50.1 Å². The van der Waals surface area contributed by atoms with Gasteiger partial charge in [-0.1, -0.05) is 47.5 Å². The van der Waals surface area contributed by atoms with Crippen LogP contribution in [-0.4, -0.2) is 18.0 Å². The van der Waals surface area contributed by atoms with Crippen LogP contribution < -0.4 is 5.32 Å². The van der Waals surface area contributed by atoms with Gasteiger partial charge in [-0.3, -0.25) is 4.79 Å². The molecule has 2 rings (SSSR count). The van der Waals surface area contributed by atoms with Crippen LogP contribution in [0.15, 0.2) is 42.5 Å². The fourth-order valence-electron chi connectivity index (χ4n) is 2.34. The number of benzene rings is 2. The standard InChI is InChI=1S/C19H19Cl2NO3/c1-11-6-4-5-7-15(11)19(24)25-13(3)18(23)22-12(2)16-9-8-14(20)10-17(16)21/h4-10,12-13H,1-3H3,(H,22,23)/t12-,13-/m0/s1. The van der Waals surface area contributed by atoms with Crippen LogP contribution in [0.25, 0.3) is 0 Å². The highest BCUT2D eigenvalue weighted by Gasteiger charge is 2.22. The van der Waals surface area contributed by atoms with Crippen molar-refractivity contribution in [2.75, 3.05) is 0 Å². The van der Waals surface area contributed by atoms with Crippen molar-refractivity contribution in [3.63, 3.8) is 0 Å². The second-order valence-corrected chi connectivity index (χ2v) is 6.60. The summed E-state index contributed by atoms with van der Waals surface area (Å²) in [5, 5.41) is 3.77. The van der Waals surface area contributed by atoms with E-state index in [1.165, 1.54) is 6.92 Å². The summed E-state index contributed by atoms with van der Waals surface area (Å²) in [5.74, 6) is -0.932. The number of carbonyl (C=O) groups is 2. The van der Waals surface area contributed by atoms with Gasteiger partial charge >= 0.3 is 5.97 Å². The van der Waals surface area contributed by atoms with Gasteiger partial charge in [0.15, 0.2) is 6.10 Å². The Morgan fingerprint density at radius 2 is 1.76 bits per heavy atom. The number of esters is 1. The van der Waals surface area contributed by atoms with Crippen molar-refractivity contribution >= 4 is 35.1 Å². The molecule has 0 unspecified atom stereocenters. The van der Waals surface area contributed by atoms with Gasteiger partial charge in [0.25, 0.3) is 5.91 Å². The Kier molecular flexibility index (Phi) is 6.45. The Balaban J connectivity index is 2.00. The molecule has 0 aliphatic rings. The van der Waals surface area contributed by atoms with Crippen LogP contribution in [0.1, 0.15) is 41.4 Å². The van der Waals surface area contributed by atoms with Crippen molar-refractivity contribution in [1.29, 1.82) is 0 Å². The molecule has 0 aliphatic carbocycles. The first kappa shape index (κ1) is 19.3. The molecule has 0 radical (unpaired) electrons. The summed E-state index contributed by atoms with van der Waals surface area (Å²) in [6, 6.07) is 11.8. The quantitative estimate of drug-likeness (QED) is 0.764. The molecule has 25 heavy (non-hydrogen) atoms. The lowest BCUT2D eigenvalue weighted by atomic mass is 10.1. The lowest BCUT2D eigenvalue weighted by molar-refractivity contribution is -0.129. The van der Waals surface area contributed by atoms with E-state index in [4.69, 9.17) is 27.9 Å². The first-order chi connectivity index (χ1) is 11.8. The van der Waals surface area contributed by atoms with Crippen LogP contribution in [0.4, 0.5) is 0 Å². The zero-order valence-electron chi connectivity index (χ0n) is 14.2. The molecule has 1 amide bonds. The summed E-state index contributed by atoms with van der Waals surface area (Å²) in [4.78, 5) is 24.5. The summed E-state index contributed by atoms with van der Waals surface area (Å²) in [7, 11) is 0. The maximum atomic E-state index is 12.3. The van der Waals surface area contributed by atoms with Gasteiger partial charge in [-0.15, -0.1) is 0 Å². The molecule has 2 atom stereocenters. The molecule has 4 nitrogen and oxygen atoms in total. The summed E-state index contributed by atoms with van der Waals surface area (Å²) < 4.78 is 5.26. The van der Waals surface area contributed by atoms with Gasteiger partial charge < -0.3 is 10.1 Å². The van der Waals surface area contributed by atoms with Crippen LogP contribution in [0.2, 0.25) is 10.0 Å². The summed E-state index contributed by atoms with van der Waals surface area (Å²) in [6.45, 7) is 5.14. The second kappa shape index (κ2) is 8.37. The molecule has 132 valence electrons. The molecule has 0 saturated heterocycles. The molecule has 0 bridgehead atoms. The molecular weight excluding hydrogens is 361 g/mol. The van der Waals surface area contributed by atoms with Crippen LogP contribution >= 0.6 is 23.2 Å². The lowest BCUT2D eigenvalue weighted by Gasteiger charge is -2.19. The van der Waals surface area contributed by atoms with E-state index in [0.29, 0.717) is 15.6 Å². The minimum Gasteiger partial charge on any atom is -0.449 e. The Morgan fingerprint density at radius 1 is 1.08 bits per heavy atom. The molecule has 2 aromatic carbocycles. The molecule has 1 N–H and O–H groups in total. The van der Waals surface area contributed by atoms with E-state index in [1.54, 1.807) is 37.3 Å². The average Bonchev–Trinajstić information content (AvgIpc) is 2.54. The monoisotopic (exact) mass is 379 g/mol. The molecular formula is C19H19Cl2NO3. The van der Waals surface area contributed by atoms with Crippen molar-refractivity contribution < 1.29 is 14.3 Å². The molecule has 0 spiro atoms. The molecule has 0 saturated carbocycles. The Bertz CT molecular complexity index is 792. The van der Waals surface area contributed by atoms with Gasteiger partial charge in [0.05, 0.1) is 11.6 Å². The second-order valence-electron chi connectivity index (χ2n) is 5.76. The number of hydrogen-bond acceptors (Lipinski definition) is 3. The third-order valence-corrected chi connectivity index (χ3v) is 4.37. The molecule has 0 heterocycles. The fraction of sp³-hybridized carbons (Fsp3) is 0.263. The van der Waals surface area contributed by atoms with E-state index in [2.05, 4.69) is 5.32 Å². The summed E-state index contributed by atoms with van der Waals surface area (Å²) >= 11 is 12.0. The highest BCUT2D eigenvalue weighted by Crippen LogP contribution is 2.26. The number of hydrogen-bond donors (Lipinski definition) is 1. The third kappa shape index (κ3) is 4.97. The first-order valence-electron chi connectivity index (χ1n) is 7.81. The van der Waals surface area contributed by atoms with Crippen LogP contribution in [0, 0.1) is 6.92 Å². The van der Waals surface area contributed by atoms with Crippen molar-refractivity contribution in [1.82, 2.24) is 5.32 Å².